The third-order valence-corrected chi connectivity index (χ3v) is 8.41. The van der Waals surface area contributed by atoms with Gasteiger partial charge in [0.1, 0.15) is 0 Å². The number of hydrogen-bond donors (Lipinski definition) is 0. The normalized spacial score (nSPS) is 14.2. The summed E-state index contributed by atoms with van der Waals surface area (Å²) in [6, 6.07) is 40.9. The highest BCUT2D eigenvalue weighted by molar-refractivity contribution is 6.26. The Morgan fingerprint density at radius 2 is 1.09 bits per heavy atom. The maximum Gasteiger partial charge on any atom is 0.0159 e. The second-order valence-electron chi connectivity index (χ2n) is 10.5. The standard InChI is InChI=1S/C35H24/c1-35(2)30-13-6-5-12-28(30)34-26-11-4-3-10-24(26)29(20-31(34)35)25-18-16-23-15-14-21-8-7-9-22-17-19-27(25)33(23)32(21)22/h3-20H,1-2H3. The Morgan fingerprint density at radius 3 is 1.91 bits per heavy atom. The van der Waals surface area contributed by atoms with Gasteiger partial charge in [-0.25, -0.2) is 0 Å². The van der Waals surface area contributed by atoms with E-state index < -0.39 is 0 Å². The van der Waals surface area contributed by atoms with Crippen molar-refractivity contribution in [3.8, 4) is 22.3 Å². The Morgan fingerprint density at radius 1 is 0.429 bits per heavy atom. The molecule has 1 aliphatic carbocycles. The van der Waals surface area contributed by atoms with E-state index in [9.17, 15) is 0 Å². The molecule has 0 saturated carbocycles. The van der Waals surface area contributed by atoms with Gasteiger partial charge in [-0.2, -0.15) is 0 Å². The molecule has 0 N–H and O–H groups in total. The molecule has 0 atom stereocenters. The minimum atomic E-state index is -0.0332. The maximum absolute atomic E-state index is 2.49. The molecule has 0 saturated heterocycles. The Hall–Kier alpha value is -4.16. The Bertz CT molecular complexity index is 1950. The molecule has 0 radical (unpaired) electrons. The molecule has 0 heteroatoms. The predicted octanol–water partition coefficient (Wildman–Crippen LogP) is 9.71. The molecule has 0 bridgehead atoms. The van der Waals surface area contributed by atoms with Crippen LogP contribution in [0.1, 0.15) is 25.0 Å². The van der Waals surface area contributed by atoms with Crippen molar-refractivity contribution in [2.75, 3.05) is 0 Å². The second-order valence-corrected chi connectivity index (χ2v) is 10.5. The van der Waals surface area contributed by atoms with Gasteiger partial charge in [-0.05, 0) is 82.5 Å². The summed E-state index contributed by atoms with van der Waals surface area (Å²) in [4.78, 5) is 0. The first-order valence-electron chi connectivity index (χ1n) is 12.5. The van der Waals surface area contributed by atoms with Crippen LogP contribution in [0.3, 0.4) is 0 Å². The molecule has 0 fully saturated rings. The average Bonchev–Trinajstić information content (AvgIpc) is 3.13. The largest absolute Gasteiger partial charge is 0.0619 e. The van der Waals surface area contributed by atoms with Gasteiger partial charge in [0.25, 0.3) is 0 Å². The van der Waals surface area contributed by atoms with Crippen LogP contribution >= 0.6 is 0 Å². The SMILES string of the molecule is CC1(C)c2ccccc2-c2c1cc(-c1ccc3ccc4cccc5ccc1c3c45)c1ccccc21. The van der Waals surface area contributed by atoms with Crippen molar-refractivity contribution in [3.63, 3.8) is 0 Å². The van der Waals surface area contributed by atoms with Gasteiger partial charge < -0.3 is 0 Å². The second kappa shape index (κ2) is 6.49. The zero-order valence-corrected chi connectivity index (χ0v) is 19.9. The molecule has 1 aliphatic rings. The minimum Gasteiger partial charge on any atom is -0.0619 e. The van der Waals surface area contributed by atoms with E-state index >= 15 is 0 Å². The van der Waals surface area contributed by atoms with Gasteiger partial charge in [-0.3, -0.25) is 0 Å². The fourth-order valence-electron chi connectivity index (χ4n) is 6.74. The van der Waals surface area contributed by atoms with Gasteiger partial charge in [0, 0.05) is 5.41 Å². The number of benzene rings is 7. The van der Waals surface area contributed by atoms with Crippen LogP contribution in [0.25, 0.3) is 65.3 Å². The zero-order valence-electron chi connectivity index (χ0n) is 19.9. The molecule has 8 rings (SSSR count). The molecular weight excluding hydrogens is 420 g/mol. The van der Waals surface area contributed by atoms with Crippen LogP contribution in [0.15, 0.2) is 109 Å². The maximum atomic E-state index is 2.49. The quantitative estimate of drug-likeness (QED) is 0.221. The lowest BCUT2D eigenvalue weighted by Gasteiger charge is -2.23. The van der Waals surface area contributed by atoms with Gasteiger partial charge in [0.2, 0.25) is 0 Å². The van der Waals surface area contributed by atoms with E-state index in [2.05, 4.69) is 123 Å². The summed E-state index contributed by atoms with van der Waals surface area (Å²) >= 11 is 0. The van der Waals surface area contributed by atoms with E-state index in [0.29, 0.717) is 0 Å². The topological polar surface area (TPSA) is 0 Å². The van der Waals surface area contributed by atoms with Crippen molar-refractivity contribution < 1.29 is 0 Å². The van der Waals surface area contributed by atoms with E-state index in [1.807, 2.05) is 0 Å². The van der Waals surface area contributed by atoms with Gasteiger partial charge in [-0.15, -0.1) is 0 Å². The highest BCUT2D eigenvalue weighted by Gasteiger charge is 2.37. The van der Waals surface area contributed by atoms with Crippen LogP contribution in [0.4, 0.5) is 0 Å². The third kappa shape index (κ3) is 2.37. The summed E-state index contributed by atoms with van der Waals surface area (Å²) in [6.07, 6.45) is 0. The zero-order chi connectivity index (χ0) is 23.3. The molecule has 35 heavy (non-hydrogen) atoms. The summed E-state index contributed by atoms with van der Waals surface area (Å²) in [5, 5.41) is 10.7. The lowest BCUT2D eigenvalue weighted by Crippen LogP contribution is -2.15. The molecule has 0 amide bonds. The number of fused-ring (bicyclic) bond motifs is 5. The molecule has 7 aromatic rings. The summed E-state index contributed by atoms with van der Waals surface area (Å²) in [5.74, 6) is 0. The van der Waals surface area contributed by atoms with Crippen LogP contribution in [0.5, 0.6) is 0 Å². The molecule has 7 aromatic carbocycles. The predicted molar refractivity (Wildman–Crippen MR) is 151 cm³/mol. The van der Waals surface area contributed by atoms with Crippen molar-refractivity contribution in [2.24, 2.45) is 0 Å². The third-order valence-electron chi connectivity index (χ3n) is 8.41. The van der Waals surface area contributed by atoms with Gasteiger partial charge >= 0.3 is 0 Å². The Kier molecular flexibility index (Phi) is 3.56. The van der Waals surface area contributed by atoms with Crippen LogP contribution in [0.2, 0.25) is 0 Å². The van der Waals surface area contributed by atoms with Crippen molar-refractivity contribution >= 4 is 43.1 Å². The van der Waals surface area contributed by atoms with Crippen LogP contribution in [-0.4, -0.2) is 0 Å². The Labute approximate surface area is 204 Å². The molecule has 0 unspecified atom stereocenters. The highest BCUT2D eigenvalue weighted by Crippen LogP contribution is 2.53. The van der Waals surface area contributed by atoms with E-state index in [0.717, 1.165) is 0 Å². The molecule has 0 aromatic heterocycles. The summed E-state index contributed by atoms with van der Waals surface area (Å²) in [7, 11) is 0. The van der Waals surface area contributed by atoms with Crippen LogP contribution < -0.4 is 0 Å². The lowest BCUT2D eigenvalue weighted by molar-refractivity contribution is 0.661. The first-order valence-corrected chi connectivity index (χ1v) is 12.5. The molecule has 0 heterocycles. The fourth-order valence-corrected chi connectivity index (χ4v) is 6.74. The van der Waals surface area contributed by atoms with Crippen LogP contribution in [0, 0.1) is 0 Å². The smallest absolute Gasteiger partial charge is 0.0159 e. The molecule has 164 valence electrons. The average molecular weight is 445 g/mol. The van der Waals surface area contributed by atoms with Crippen molar-refractivity contribution in [2.45, 2.75) is 19.3 Å². The summed E-state index contributed by atoms with van der Waals surface area (Å²) in [5.41, 5.74) is 8.26. The van der Waals surface area contributed by atoms with Crippen LogP contribution in [-0.2, 0) is 5.41 Å². The molecule has 0 aliphatic heterocycles. The van der Waals surface area contributed by atoms with E-state index in [1.165, 1.54) is 76.5 Å². The minimum absolute atomic E-state index is 0.0332. The van der Waals surface area contributed by atoms with Crippen molar-refractivity contribution in [3.05, 3.63) is 120 Å². The first kappa shape index (κ1) is 19.2. The number of rotatable bonds is 1. The van der Waals surface area contributed by atoms with Gasteiger partial charge in [-0.1, -0.05) is 117 Å². The first-order chi connectivity index (χ1) is 17.1. The van der Waals surface area contributed by atoms with Crippen molar-refractivity contribution in [1.82, 2.24) is 0 Å². The van der Waals surface area contributed by atoms with Gasteiger partial charge in [0.05, 0.1) is 0 Å². The number of hydrogen-bond acceptors (Lipinski definition) is 0. The summed E-state index contributed by atoms with van der Waals surface area (Å²) < 4.78 is 0. The van der Waals surface area contributed by atoms with E-state index in [1.54, 1.807) is 0 Å². The lowest BCUT2D eigenvalue weighted by atomic mass is 9.80. The highest BCUT2D eigenvalue weighted by atomic mass is 14.4. The van der Waals surface area contributed by atoms with Gasteiger partial charge in [0.15, 0.2) is 0 Å². The fraction of sp³-hybridized carbons (Fsp3) is 0.0857. The molecule has 0 nitrogen and oxygen atoms in total. The summed E-state index contributed by atoms with van der Waals surface area (Å²) in [6.45, 7) is 4.75. The van der Waals surface area contributed by atoms with Crippen molar-refractivity contribution in [1.29, 1.82) is 0 Å². The Balaban J connectivity index is 1.54. The van der Waals surface area contributed by atoms with E-state index in [4.69, 9.17) is 0 Å². The molecule has 0 spiro atoms. The monoisotopic (exact) mass is 444 g/mol. The molecular formula is C35H24. The van der Waals surface area contributed by atoms with E-state index in [-0.39, 0.29) is 5.41 Å².